The number of rotatable bonds is 18. The summed E-state index contributed by atoms with van der Waals surface area (Å²) in [6, 6.07) is 0. The lowest BCUT2D eigenvalue weighted by molar-refractivity contribution is -0.267. The summed E-state index contributed by atoms with van der Waals surface area (Å²) < 4.78 is 23.2. The molecule has 1 saturated heterocycles. The van der Waals surface area contributed by atoms with Crippen LogP contribution in [0.3, 0.4) is 0 Å². The minimum absolute atomic E-state index is 0.343. The zero-order valence-electron chi connectivity index (χ0n) is 17.2. The molecule has 0 aromatic carbocycles. The van der Waals surface area contributed by atoms with Crippen molar-refractivity contribution in [2.45, 2.75) is 97.4 Å². The van der Waals surface area contributed by atoms with Crippen molar-refractivity contribution >= 4 is 0 Å². The Morgan fingerprint density at radius 1 is 0.960 bits per heavy atom. The summed E-state index contributed by atoms with van der Waals surface area (Å²) >= 11 is 0. The summed E-state index contributed by atoms with van der Waals surface area (Å²) in [6.45, 7) is 12.4. The first-order chi connectivity index (χ1) is 12.2. The van der Waals surface area contributed by atoms with E-state index in [0.717, 1.165) is 32.7 Å². The number of epoxide rings is 1. The van der Waals surface area contributed by atoms with E-state index in [1.54, 1.807) is 0 Å². The van der Waals surface area contributed by atoms with Gasteiger partial charge in [0.15, 0.2) is 5.79 Å². The first-order valence-corrected chi connectivity index (χ1v) is 10.7. The third-order valence-corrected chi connectivity index (χ3v) is 5.04. The first kappa shape index (κ1) is 22.9. The van der Waals surface area contributed by atoms with Crippen molar-refractivity contribution in [3.63, 3.8) is 0 Å². The van der Waals surface area contributed by atoms with Crippen molar-refractivity contribution in [2.24, 2.45) is 5.92 Å². The van der Waals surface area contributed by atoms with Gasteiger partial charge in [-0.15, -0.1) is 0 Å². The molecular weight excluding hydrogens is 316 g/mol. The highest BCUT2D eigenvalue weighted by molar-refractivity contribution is 4.78. The molecule has 0 amide bonds. The predicted molar refractivity (Wildman–Crippen MR) is 103 cm³/mol. The molecule has 0 spiro atoms. The third kappa shape index (κ3) is 9.93. The van der Waals surface area contributed by atoms with Crippen LogP contribution in [-0.4, -0.2) is 44.9 Å². The van der Waals surface area contributed by atoms with Gasteiger partial charge in [0.1, 0.15) is 6.10 Å². The summed E-state index contributed by atoms with van der Waals surface area (Å²) in [4.78, 5) is 0. The van der Waals surface area contributed by atoms with Gasteiger partial charge in [0, 0.05) is 32.2 Å². The SMILES string of the molecule is CCCCCCCCC(C)C(CCCOCC1CO1)(OCC)OCC. The van der Waals surface area contributed by atoms with Gasteiger partial charge in [-0.3, -0.25) is 0 Å². The molecule has 150 valence electrons. The molecule has 0 bridgehead atoms. The van der Waals surface area contributed by atoms with E-state index >= 15 is 0 Å². The normalized spacial score (nSPS) is 18.5. The van der Waals surface area contributed by atoms with E-state index in [9.17, 15) is 0 Å². The van der Waals surface area contributed by atoms with Gasteiger partial charge in [0.2, 0.25) is 0 Å². The average molecular weight is 359 g/mol. The Balaban J connectivity index is 2.35. The van der Waals surface area contributed by atoms with Crippen LogP contribution in [0.1, 0.15) is 85.5 Å². The second kappa shape index (κ2) is 14.0. The molecule has 0 N–H and O–H groups in total. The number of hydrogen-bond acceptors (Lipinski definition) is 4. The van der Waals surface area contributed by atoms with Gasteiger partial charge in [-0.2, -0.15) is 0 Å². The summed E-state index contributed by atoms with van der Waals surface area (Å²) in [5, 5.41) is 0. The fourth-order valence-electron chi connectivity index (χ4n) is 3.46. The van der Waals surface area contributed by atoms with Crippen LogP contribution in [0, 0.1) is 5.92 Å². The molecule has 1 fully saturated rings. The maximum atomic E-state index is 6.16. The Kier molecular flexibility index (Phi) is 12.8. The fraction of sp³-hybridized carbons (Fsp3) is 1.00. The lowest BCUT2D eigenvalue weighted by Gasteiger charge is -2.39. The molecular formula is C21H42O4. The highest BCUT2D eigenvalue weighted by Crippen LogP contribution is 2.33. The van der Waals surface area contributed by atoms with Crippen molar-refractivity contribution in [3.05, 3.63) is 0 Å². The van der Waals surface area contributed by atoms with Gasteiger partial charge in [-0.05, 0) is 26.7 Å². The van der Waals surface area contributed by atoms with Crippen LogP contribution in [0.5, 0.6) is 0 Å². The highest BCUT2D eigenvalue weighted by atomic mass is 16.7. The highest BCUT2D eigenvalue weighted by Gasteiger charge is 2.37. The van der Waals surface area contributed by atoms with Gasteiger partial charge >= 0.3 is 0 Å². The van der Waals surface area contributed by atoms with E-state index in [1.807, 2.05) is 0 Å². The van der Waals surface area contributed by atoms with Gasteiger partial charge in [0.05, 0.1) is 13.2 Å². The molecule has 0 aromatic heterocycles. The van der Waals surface area contributed by atoms with Crippen LogP contribution in [0.4, 0.5) is 0 Å². The maximum absolute atomic E-state index is 6.16. The monoisotopic (exact) mass is 358 g/mol. The number of ether oxygens (including phenoxy) is 4. The minimum atomic E-state index is -0.452. The average Bonchev–Trinajstić information content (AvgIpc) is 3.42. The van der Waals surface area contributed by atoms with E-state index < -0.39 is 5.79 Å². The maximum Gasteiger partial charge on any atom is 0.170 e. The van der Waals surface area contributed by atoms with E-state index in [2.05, 4.69) is 27.7 Å². The second-order valence-electron chi connectivity index (χ2n) is 7.27. The topological polar surface area (TPSA) is 40.2 Å². The molecule has 0 saturated carbocycles. The van der Waals surface area contributed by atoms with Crippen LogP contribution in [0.25, 0.3) is 0 Å². The molecule has 0 radical (unpaired) electrons. The molecule has 1 aliphatic rings. The zero-order chi connectivity index (χ0) is 18.4. The molecule has 1 aliphatic heterocycles. The summed E-state index contributed by atoms with van der Waals surface area (Å²) in [6.07, 6.45) is 11.4. The van der Waals surface area contributed by atoms with Gasteiger partial charge in [-0.1, -0.05) is 52.4 Å². The largest absolute Gasteiger partial charge is 0.379 e. The lowest BCUT2D eigenvalue weighted by Crippen LogP contribution is -2.43. The smallest absolute Gasteiger partial charge is 0.170 e. The molecule has 4 nitrogen and oxygen atoms in total. The number of unbranched alkanes of at least 4 members (excludes halogenated alkanes) is 5. The van der Waals surface area contributed by atoms with Crippen LogP contribution in [0.15, 0.2) is 0 Å². The van der Waals surface area contributed by atoms with Crippen molar-refractivity contribution in [1.29, 1.82) is 0 Å². The third-order valence-electron chi connectivity index (χ3n) is 5.04. The summed E-state index contributed by atoms with van der Waals surface area (Å²) in [5.41, 5.74) is 0. The van der Waals surface area contributed by atoms with Crippen molar-refractivity contribution < 1.29 is 18.9 Å². The molecule has 0 aromatic rings. The Labute approximate surface area is 155 Å². The van der Waals surface area contributed by atoms with E-state index in [-0.39, 0.29) is 0 Å². The second-order valence-corrected chi connectivity index (χ2v) is 7.27. The Morgan fingerprint density at radius 2 is 1.60 bits per heavy atom. The van der Waals surface area contributed by atoms with Crippen molar-refractivity contribution in [1.82, 2.24) is 0 Å². The molecule has 2 atom stereocenters. The van der Waals surface area contributed by atoms with E-state index in [4.69, 9.17) is 18.9 Å². The van der Waals surface area contributed by atoms with Crippen molar-refractivity contribution in [3.8, 4) is 0 Å². The summed E-state index contributed by atoms with van der Waals surface area (Å²) in [7, 11) is 0. The summed E-state index contributed by atoms with van der Waals surface area (Å²) in [5.74, 6) is -0.0443. The first-order valence-electron chi connectivity index (χ1n) is 10.7. The molecule has 4 heteroatoms. The minimum Gasteiger partial charge on any atom is -0.379 e. The van der Waals surface area contributed by atoms with Crippen molar-refractivity contribution in [2.75, 3.05) is 33.0 Å². The standard InChI is InChI=1S/C21H42O4/c1-5-8-9-10-11-12-14-19(4)21(24-6-2,25-7-3)15-13-16-22-17-20-18-23-20/h19-20H,5-18H2,1-4H3. The van der Waals surface area contributed by atoms with Gasteiger partial charge in [-0.25, -0.2) is 0 Å². The van der Waals surface area contributed by atoms with Crippen LogP contribution in [0.2, 0.25) is 0 Å². The van der Waals surface area contributed by atoms with E-state index in [0.29, 0.717) is 25.2 Å². The quantitative estimate of drug-likeness (QED) is 0.188. The Bertz CT molecular complexity index is 298. The predicted octanol–water partition coefficient (Wildman–Crippen LogP) is 5.34. The van der Waals surface area contributed by atoms with E-state index in [1.165, 1.54) is 44.9 Å². The zero-order valence-corrected chi connectivity index (χ0v) is 17.2. The van der Waals surface area contributed by atoms with Crippen LogP contribution >= 0.6 is 0 Å². The molecule has 2 unspecified atom stereocenters. The molecule has 0 aliphatic carbocycles. The van der Waals surface area contributed by atoms with Gasteiger partial charge in [0.25, 0.3) is 0 Å². The fourth-order valence-corrected chi connectivity index (χ4v) is 3.46. The Morgan fingerprint density at radius 3 is 2.20 bits per heavy atom. The van der Waals surface area contributed by atoms with Crippen LogP contribution < -0.4 is 0 Å². The Hall–Kier alpha value is -0.160. The lowest BCUT2D eigenvalue weighted by atomic mass is 9.90. The van der Waals surface area contributed by atoms with Gasteiger partial charge < -0.3 is 18.9 Å². The number of hydrogen-bond donors (Lipinski definition) is 0. The van der Waals surface area contributed by atoms with Crippen LogP contribution in [-0.2, 0) is 18.9 Å². The molecule has 1 rings (SSSR count). The molecule has 1 heterocycles. The molecule has 25 heavy (non-hydrogen) atoms.